The second-order valence-corrected chi connectivity index (χ2v) is 6.92. The molecule has 0 bridgehead atoms. The lowest BCUT2D eigenvalue weighted by Crippen LogP contribution is -2.13. The van der Waals surface area contributed by atoms with Gasteiger partial charge < -0.3 is 4.98 Å². The number of H-pyrrole nitrogens is 1. The zero-order chi connectivity index (χ0) is 16.6. The number of anilines is 1. The Hall–Kier alpha value is -2.67. The van der Waals surface area contributed by atoms with Crippen molar-refractivity contribution in [1.82, 2.24) is 9.97 Å². The predicted molar refractivity (Wildman–Crippen MR) is 88.1 cm³/mol. The Labute approximate surface area is 133 Å². The normalized spacial score (nSPS) is 11.6. The summed E-state index contributed by atoms with van der Waals surface area (Å²) in [5, 5.41) is 0. The monoisotopic (exact) mass is 329 g/mol. The number of fused-ring (bicyclic) bond motifs is 1. The maximum Gasteiger partial charge on any atom is 0.261 e. The molecule has 0 atom stereocenters. The lowest BCUT2D eigenvalue weighted by molar-refractivity contribution is 0.101. The number of carbonyl (C=O) groups excluding carboxylic acids is 1. The summed E-state index contributed by atoms with van der Waals surface area (Å²) in [6.45, 7) is 3.27. The molecule has 0 saturated heterocycles. The summed E-state index contributed by atoms with van der Waals surface area (Å²) in [4.78, 5) is 18.6. The molecule has 7 heteroatoms. The van der Waals surface area contributed by atoms with Crippen LogP contribution in [-0.4, -0.2) is 24.2 Å². The van der Waals surface area contributed by atoms with Crippen LogP contribution < -0.4 is 4.72 Å². The Morgan fingerprint density at radius 2 is 1.83 bits per heavy atom. The smallest absolute Gasteiger partial charge is 0.261 e. The number of aryl methyl sites for hydroxylation is 1. The van der Waals surface area contributed by atoms with E-state index in [0.29, 0.717) is 22.3 Å². The third-order valence-electron chi connectivity index (χ3n) is 3.43. The van der Waals surface area contributed by atoms with Crippen LogP contribution in [0.5, 0.6) is 0 Å². The minimum Gasteiger partial charge on any atom is -0.342 e. The first kappa shape index (κ1) is 15.2. The van der Waals surface area contributed by atoms with Crippen molar-refractivity contribution in [2.24, 2.45) is 0 Å². The molecule has 0 amide bonds. The summed E-state index contributed by atoms with van der Waals surface area (Å²) in [5.74, 6) is 0.654. The van der Waals surface area contributed by atoms with E-state index in [1.165, 1.54) is 13.0 Å². The van der Waals surface area contributed by atoms with E-state index in [2.05, 4.69) is 14.7 Å². The van der Waals surface area contributed by atoms with Gasteiger partial charge in [0.05, 0.1) is 15.9 Å². The topological polar surface area (TPSA) is 91.9 Å². The molecule has 0 saturated carbocycles. The summed E-state index contributed by atoms with van der Waals surface area (Å²) in [6.07, 6.45) is 0. The van der Waals surface area contributed by atoms with E-state index in [9.17, 15) is 13.2 Å². The van der Waals surface area contributed by atoms with Crippen LogP contribution in [0.25, 0.3) is 11.0 Å². The number of Topliss-reactive ketones (excluding diaryl/α,β-unsaturated/α-hetero) is 1. The number of ketones is 1. The molecule has 0 aliphatic heterocycles. The van der Waals surface area contributed by atoms with Crippen LogP contribution in [0.2, 0.25) is 0 Å². The molecule has 0 aliphatic rings. The molecule has 0 radical (unpaired) electrons. The lowest BCUT2D eigenvalue weighted by Gasteiger charge is -2.08. The molecule has 1 aromatic heterocycles. The number of imidazole rings is 1. The van der Waals surface area contributed by atoms with Gasteiger partial charge in [0.25, 0.3) is 10.0 Å². The van der Waals surface area contributed by atoms with Crippen molar-refractivity contribution in [2.75, 3.05) is 4.72 Å². The highest BCUT2D eigenvalue weighted by molar-refractivity contribution is 7.92. The van der Waals surface area contributed by atoms with Gasteiger partial charge >= 0.3 is 0 Å². The van der Waals surface area contributed by atoms with Crippen molar-refractivity contribution in [2.45, 2.75) is 18.7 Å². The number of nitrogens with zero attached hydrogens (tertiary/aromatic N) is 1. The second-order valence-electron chi connectivity index (χ2n) is 5.24. The van der Waals surface area contributed by atoms with E-state index >= 15 is 0 Å². The molecule has 0 unspecified atom stereocenters. The van der Waals surface area contributed by atoms with Crippen molar-refractivity contribution < 1.29 is 13.2 Å². The van der Waals surface area contributed by atoms with Gasteiger partial charge in [0, 0.05) is 11.3 Å². The van der Waals surface area contributed by atoms with Gasteiger partial charge in [0.1, 0.15) is 5.82 Å². The Kier molecular flexibility index (Phi) is 3.65. The molecular weight excluding hydrogens is 314 g/mol. The van der Waals surface area contributed by atoms with E-state index in [0.717, 1.165) is 5.82 Å². The molecule has 0 spiro atoms. The number of aromatic nitrogens is 2. The van der Waals surface area contributed by atoms with Crippen LogP contribution >= 0.6 is 0 Å². The van der Waals surface area contributed by atoms with Crippen molar-refractivity contribution in [3.8, 4) is 0 Å². The molecule has 118 valence electrons. The number of carbonyl (C=O) groups is 1. The Morgan fingerprint density at radius 3 is 2.48 bits per heavy atom. The largest absolute Gasteiger partial charge is 0.342 e. The van der Waals surface area contributed by atoms with E-state index in [-0.39, 0.29) is 10.7 Å². The fourth-order valence-electron chi connectivity index (χ4n) is 2.27. The molecule has 1 heterocycles. The third-order valence-corrected chi connectivity index (χ3v) is 4.80. The zero-order valence-electron chi connectivity index (χ0n) is 12.6. The number of hydrogen-bond acceptors (Lipinski definition) is 4. The summed E-state index contributed by atoms with van der Waals surface area (Å²) < 4.78 is 27.4. The first-order valence-corrected chi connectivity index (χ1v) is 8.44. The number of benzene rings is 2. The SMILES string of the molecule is CC(=O)c1ccc(NS(=O)(=O)c2ccc3nc(C)[nH]c3c2)cc1. The molecule has 23 heavy (non-hydrogen) atoms. The van der Waals surface area contributed by atoms with E-state index in [1.807, 2.05) is 6.92 Å². The molecular formula is C16H15N3O3S. The van der Waals surface area contributed by atoms with Crippen LogP contribution in [0, 0.1) is 6.92 Å². The maximum absolute atomic E-state index is 12.5. The third kappa shape index (κ3) is 3.09. The van der Waals surface area contributed by atoms with Crippen molar-refractivity contribution in [1.29, 1.82) is 0 Å². The van der Waals surface area contributed by atoms with Crippen LogP contribution in [0.4, 0.5) is 5.69 Å². The van der Waals surface area contributed by atoms with Gasteiger partial charge in [-0.3, -0.25) is 9.52 Å². The van der Waals surface area contributed by atoms with Crippen LogP contribution in [0.1, 0.15) is 23.1 Å². The number of rotatable bonds is 4. The molecule has 6 nitrogen and oxygen atoms in total. The lowest BCUT2D eigenvalue weighted by atomic mass is 10.1. The average molecular weight is 329 g/mol. The minimum absolute atomic E-state index is 0.0699. The van der Waals surface area contributed by atoms with Crippen LogP contribution in [0.3, 0.4) is 0 Å². The van der Waals surface area contributed by atoms with Gasteiger partial charge in [-0.15, -0.1) is 0 Å². The fourth-order valence-corrected chi connectivity index (χ4v) is 3.35. The van der Waals surface area contributed by atoms with Gasteiger partial charge in [0.15, 0.2) is 5.78 Å². The standard InChI is InChI=1S/C16H15N3O3S/c1-10(20)12-3-5-13(6-4-12)19-23(21,22)14-7-8-15-16(9-14)18-11(2)17-15/h3-9,19H,1-2H3,(H,17,18). The van der Waals surface area contributed by atoms with Gasteiger partial charge in [-0.25, -0.2) is 13.4 Å². The van der Waals surface area contributed by atoms with Crippen LogP contribution in [-0.2, 0) is 10.0 Å². The predicted octanol–water partition coefficient (Wildman–Crippen LogP) is 2.87. The Bertz CT molecular complexity index is 989. The van der Waals surface area contributed by atoms with Crippen molar-refractivity contribution in [3.05, 3.63) is 53.9 Å². The van der Waals surface area contributed by atoms with Gasteiger partial charge in [-0.05, 0) is 56.3 Å². The number of nitrogens with one attached hydrogen (secondary N) is 2. The summed E-state index contributed by atoms with van der Waals surface area (Å²) in [7, 11) is -3.71. The highest BCUT2D eigenvalue weighted by Gasteiger charge is 2.15. The number of sulfonamides is 1. The molecule has 3 aromatic rings. The molecule has 0 fully saturated rings. The molecule has 3 rings (SSSR count). The van der Waals surface area contributed by atoms with Crippen LogP contribution in [0.15, 0.2) is 47.4 Å². The Morgan fingerprint density at radius 1 is 1.13 bits per heavy atom. The molecule has 2 aromatic carbocycles. The molecule has 2 N–H and O–H groups in total. The van der Waals surface area contributed by atoms with Crippen molar-refractivity contribution in [3.63, 3.8) is 0 Å². The quantitative estimate of drug-likeness (QED) is 0.720. The van der Waals surface area contributed by atoms with Gasteiger partial charge in [-0.2, -0.15) is 0 Å². The number of aromatic amines is 1. The molecule has 0 aliphatic carbocycles. The van der Waals surface area contributed by atoms with Crippen molar-refractivity contribution >= 4 is 32.5 Å². The minimum atomic E-state index is -3.71. The highest BCUT2D eigenvalue weighted by Crippen LogP contribution is 2.20. The van der Waals surface area contributed by atoms with Gasteiger partial charge in [-0.1, -0.05) is 0 Å². The first-order valence-electron chi connectivity index (χ1n) is 6.95. The fraction of sp³-hybridized carbons (Fsp3) is 0.125. The second kappa shape index (κ2) is 5.51. The summed E-state index contributed by atoms with van der Waals surface area (Å²) in [6, 6.07) is 11.0. The highest BCUT2D eigenvalue weighted by atomic mass is 32.2. The zero-order valence-corrected chi connectivity index (χ0v) is 13.4. The summed E-state index contributed by atoms with van der Waals surface area (Å²) in [5.41, 5.74) is 2.31. The maximum atomic E-state index is 12.5. The number of hydrogen-bond donors (Lipinski definition) is 2. The first-order chi connectivity index (χ1) is 10.8. The van der Waals surface area contributed by atoms with E-state index in [4.69, 9.17) is 0 Å². The van der Waals surface area contributed by atoms with Gasteiger partial charge in [0.2, 0.25) is 0 Å². The van der Waals surface area contributed by atoms with E-state index in [1.54, 1.807) is 36.4 Å². The summed E-state index contributed by atoms with van der Waals surface area (Å²) >= 11 is 0. The Balaban J connectivity index is 1.91. The van der Waals surface area contributed by atoms with E-state index < -0.39 is 10.0 Å². The average Bonchev–Trinajstić information content (AvgIpc) is 2.86.